The van der Waals surface area contributed by atoms with Gasteiger partial charge in [-0.15, -0.1) is 0 Å². The minimum Gasteiger partial charge on any atom is -0.494 e. The fourth-order valence-electron chi connectivity index (χ4n) is 1.64. The molecule has 0 unspecified atom stereocenters. The Morgan fingerprint density at radius 3 is 2.78 bits per heavy atom. The van der Waals surface area contributed by atoms with E-state index in [1.54, 1.807) is 13.3 Å². The second-order valence-electron chi connectivity index (χ2n) is 3.64. The fourth-order valence-corrected chi connectivity index (χ4v) is 1.64. The quantitative estimate of drug-likeness (QED) is 0.633. The van der Waals surface area contributed by atoms with Crippen molar-refractivity contribution in [2.75, 3.05) is 7.11 Å². The van der Waals surface area contributed by atoms with Crippen molar-refractivity contribution in [3.63, 3.8) is 0 Å². The lowest BCUT2D eigenvalue weighted by Crippen LogP contribution is -2.21. The van der Waals surface area contributed by atoms with Gasteiger partial charge in [-0.1, -0.05) is 12.1 Å². The van der Waals surface area contributed by atoms with Crippen LogP contribution in [0.5, 0.6) is 5.75 Å². The number of nitrogens with zero attached hydrogens (tertiary/aromatic N) is 2. The fraction of sp³-hybridized carbons (Fsp3) is 0.0769. The predicted octanol–water partition coefficient (Wildman–Crippen LogP) is 1.66. The normalized spacial score (nSPS) is 9.83. The van der Waals surface area contributed by atoms with Crippen LogP contribution in [0.1, 0.15) is 0 Å². The third kappa shape index (κ3) is 2.57. The van der Waals surface area contributed by atoms with Gasteiger partial charge in [0.25, 0.3) is 0 Å². The number of hydrogen-bond acceptors (Lipinski definition) is 3. The van der Waals surface area contributed by atoms with Gasteiger partial charge in [0.1, 0.15) is 11.4 Å². The van der Waals surface area contributed by atoms with E-state index in [4.69, 9.17) is 16.2 Å². The number of benzene rings is 1. The summed E-state index contributed by atoms with van der Waals surface area (Å²) in [5.74, 6) is 0.736. The summed E-state index contributed by atoms with van der Waals surface area (Å²) >= 11 is 0. The van der Waals surface area contributed by atoms with Gasteiger partial charge >= 0.3 is 0 Å². The van der Waals surface area contributed by atoms with Crippen LogP contribution >= 0.6 is 0 Å². The molecule has 0 aliphatic carbocycles. The predicted molar refractivity (Wildman–Crippen MR) is 71.7 cm³/mol. The van der Waals surface area contributed by atoms with Crippen LogP contribution in [0.4, 0.5) is 5.69 Å². The van der Waals surface area contributed by atoms with Gasteiger partial charge < -0.3 is 16.2 Å². The van der Waals surface area contributed by atoms with Crippen molar-refractivity contribution in [1.29, 1.82) is 0 Å². The molecule has 92 valence electrons. The van der Waals surface area contributed by atoms with Crippen molar-refractivity contribution in [1.82, 2.24) is 4.98 Å². The summed E-state index contributed by atoms with van der Waals surface area (Å²) in [5, 5.41) is 0. The summed E-state index contributed by atoms with van der Waals surface area (Å²) in [6.45, 7) is 0. The van der Waals surface area contributed by atoms with Crippen molar-refractivity contribution in [2.45, 2.75) is 0 Å². The van der Waals surface area contributed by atoms with Crippen LogP contribution in [-0.4, -0.2) is 18.1 Å². The molecule has 0 radical (unpaired) electrons. The third-order valence-electron chi connectivity index (χ3n) is 2.37. The topological polar surface area (TPSA) is 86.5 Å². The highest BCUT2D eigenvalue weighted by Gasteiger charge is 2.06. The summed E-state index contributed by atoms with van der Waals surface area (Å²) in [5.41, 5.74) is 13.0. The number of ether oxygens (including phenoxy) is 1. The Bertz CT molecular complexity index is 577. The molecule has 1 heterocycles. The number of nitrogens with two attached hydrogens (primary N) is 2. The first-order valence-electron chi connectivity index (χ1n) is 5.40. The highest BCUT2D eigenvalue weighted by atomic mass is 16.5. The number of methoxy groups -OCH3 is 1. The molecule has 5 heteroatoms. The molecule has 1 aromatic carbocycles. The van der Waals surface area contributed by atoms with Crippen molar-refractivity contribution in [2.24, 2.45) is 16.5 Å². The van der Waals surface area contributed by atoms with E-state index in [0.29, 0.717) is 11.4 Å². The van der Waals surface area contributed by atoms with E-state index >= 15 is 0 Å². The summed E-state index contributed by atoms with van der Waals surface area (Å²) in [7, 11) is 1.61. The second kappa shape index (κ2) is 5.18. The molecule has 1 aromatic heterocycles. The smallest absolute Gasteiger partial charge is 0.191 e. The number of aliphatic imine (C=N–C) groups is 1. The zero-order valence-electron chi connectivity index (χ0n) is 10.00. The average molecular weight is 242 g/mol. The molecule has 0 aliphatic heterocycles. The summed E-state index contributed by atoms with van der Waals surface area (Å²) < 4.78 is 5.27. The molecule has 0 atom stereocenters. The second-order valence-corrected chi connectivity index (χ2v) is 3.64. The van der Waals surface area contributed by atoms with E-state index in [2.05, 4.69) is 9.98 Å². The van der Waals surface area contributed by atoms with Gasteiger partial charge in [-0.25, -0.2) is 4.99 Å². The highest BCUT2D eigenvalue weighted by molar-refractivity contribution is 5.80. The highest BCUT2D eigenvalue weighted by Crippen LogP contribution is 2.29. The Hall–Kier alpha value is -2.56. The van der Waals surface area contributed by atoms with E-state index in [9.17, 15) is 0 Å². The van der Waals surface area contributed by atoms with Crippen LogP contribution in [0, 0.1) is 0 Å². The first-order chi connectivity index (χ1) is 8.70. The molecule has 0 aliphatic rings. The van der Waals surface area contributed by atoms with Crippen molar-refractivity contribution < 1.29 is 4.74 Å². The van der Waals surface area contributed by atoms with Crippen molar-refractivity contribution in [3.8, 4) is 17.0 Å². The zero-order valence-corrected chi connectivity index (χ0v) is 10.00. The first kappa shape index (κ1) is 11.9. The Kier molecular flexibility index (Phi) is 3.43. The first-order valence-corrected chi connectivity index (χ1v) is 5.40. The maximum absolute atomic E-state index is 5.36. The van der Waals surface area contributed by atoms with Crippen molar-refractivity contribution in [3.05, 3.63) is 42.6 Å². The van der Waals surface area contributed by atoms with E-state index in [-0.39, 0.29) is 5.96 Å². The SMILES string of the molecule is COc1cccnc1-c1cccc(N=C(N)N)c1. The van der Waals surface area contributed by atoms with Gasteiger partial charge in [-0.05, 0) is 24.3 Å². The number of hydrogen-bond donors (Lipinski definition) is 2. The Morgan fingerprint density at radius 1 is 1.22 bits per heavy atom. The molecule has 0 saturated heterocycles. The Balaban J connectivity index is 2.48. The number of rotatable bonds is 3. The summed E-state index contributed by atoms with van der Waals surface area (Å²) in [4.78, 5) is 8.31. The molecule has 4 N–H and O–H groups in total. The van der Waals surface area contributed by atoms with Crippen LogP contribution in [-0.2, 0) is 0 Å². The monoisotopic (exact) mass is 242 g/mol. The van der Waals surface area contributed by atoms with Crippen LogP contribution in [0.15, 0.2) is 47.6 Å². The molecular weight excluding hydrogens is 228 g/mol. The zero-order chi connectivity index (χ0) is 13.0. The van der Waals surface area contributed by atoms with Crippen LogP contribution in [0.2, 0.25) is 0 Å². The number of pyridine rings is 1. The maximum Gasteiger partial charge on any atom is 0.191 e. The molecular formula is C13H14N4O. The van der Waals surface area contributed by atoms with Gasteiger partial charge in [-0.3, -0.25) is 4.98 Å². The standard InChI is InChI=1S/C13H14N4O/c1-18-11-6-3-7-16-12(11)9-4-2-5-10(8-9)17-13(14)15/h2-8H,1H3,(H4,14,15,17). The Labute approximate surface area is 105 Å². The largest absolute Gasteiger partial charge is 0.494 e. The van der Waals surface area contributed by atoms with Crippen LogP contribution in [0.25, 0.3) is 11.3 Å². The summed E-state index contributed by atoms with van der Waals surface area (Å²) in [6, 6.07) is 11.1. The van der Waals surface area contributed by atoms with Gasteiger partial charge in [-0.2, -0.15) is 0 Å². The van der Waals surface area contributed by atoms with E-state index in [1.807, 2.05) is 36.4 Å². The van der Waals surface area contributed by atoms with Crippen molar-refractivity contribution >= 4 is 11.6 Å². The van der Waals surface area contributed by atoms with Gasteiger partial charge in [0.2, 0.25) is 0 Å². The molecule has 0 bridgehead atoms. The number of aromatic nitrogens is 1. The summed E-state index contributed by atoms with van der Waals surface area (Å²) in [6.07, 6.45) is 1.71. The molecule has 2 rings (SSSR count). The lowest BCUT2D eigenvalue weighted by Gasteiger charge is -2.07. The molecule has 0 amide bonds. The van der Waals surface area contributed by atoms with E-state index in [1.165, 1.54) is 0 Å². The lowest BCUT2D eigenvalue weighted by molar-refractivity contribution is 0.415. The van der Waals surface area contributed by atoms with Gasteiger partial charge in [0.05, 0.1) is 12.8 Å². The third-order valence-corrected chi connectivity index (χ3v) is 2.37. The van der Waals surface area contributed by atoms with Gasteiger partial charge in [0, 0.05) is 11.8 Å². The van der Waals surface area contributed by atoms with Gasteiger partial charge in [0.15, 0.2) is 5.96 Å². The van der Waals surface area contributed by atoms with E-state index in [0.717, 1.165) is 11.3 Å². The van der Waals surface area contributed by atoms with Crippen LogP contribution < -0.4 is 16.2 Å². The molecule has 0 saturated carbocycles. The molecule has 2 aromatic rings. The maximum atomic E-state index is 5.36. The molecule has 5 nitrogen and oxygen atoms in total. The van der Waals surface area contributed by atoms with E-state index < -0.39 is 0 Å². The minimum absolute atomic E-state index is 0.0279. The molecule has 0 fully saturated rings. The lowest BCUT2D eigenvalue weighted by atomic mass is 10.1. The minimum atomic E-state index is 0.0279. The van der Waals surface area contributed by atoms with Crippen LogP contribution in [0.3, 0.4) is 0 Å². The Morgan fingerprint density at radius 2 is 2.06 bits per heavy atom. The molecule has 18 heavy (non-hydrogen) atoms. The molecule has 0 spiro atoms. The average Bonchev–Trinajstić information content (AvgIpc) is 2.38. The number of guanidine groups is 1.